The van der Waals surface area contributed by atoms with Crippen LogP contribution >= 0.6 is 0 Å². The van der Waals surface area contributed by atoms with Crippen LogP contribution in [0.1, 0.15) is 31.2 Å². The largest absolute Gasteiger partial charge is 0.398 e. The second-order valence-corrected chi connectivity index (χ2v) is 6.40. The molecule has 2 fully saturated rings. The Morgan fingerprint density at radius 3 is 2.71 bits per heavy atom. The molecule has 2 aromatic rings. The van der Waals surface area contributed by atoms with Crippen LogP contribution < -0.4 is 5.73 Å². The molecule has 3 heterocycles. The van der Waals surface area contributed by atoms with Gasteiger partial charge in [0, 0.05) is 35.9 Å². The molecule has 21 heavy (non-hydrogen) atoms. The van der Waals surface area contributed by atoms with Gasteiger partial charge in [0.25, 0.3) is 0 Å². The van der Waals surface area contributed by atoms with E-state index in [1.165, 1.54) is 18.4 Å². The van der Waals surface area contributed by atoms with E-state index in [0.717, 1.165) is 36.0 Å². The summed E-state index contributed by atoms with van der Waals surface area (Å²) < 4.78 is 0. The summed E-state index contributed by atoms with van der Waals surface area (Å²) in [6.07, 6.45) is 5.97. The van der Waals surface area contributed by atoms with Crippen LogP contribution in [0.4, 0.5) is 5.69 Å². The molecule has 3 N–H and O–H groups in total. The minimum absolute atomic E-state index is 0.111. The molecule has 1 aromatic carbocycles. The van der Waals surface area contributed by atoms with Crippen molar-refractivity contribution in [1.29, 1.82) is 0 Å². The van der Waals surface area contributed by atoms with Crippen molar-refractivity contribution in [3.63, 3.8) is 0 Å². The Kier molecular flexibility index (Phi) is 3.08. The second kappa shape index (κ2) is 4.97. The normalized spacial score (nSPS) is 29.1. The fourth-order valence-corrected chi connectivity index (χ4v) is 4.08. The summed E-state index contributed by atoms with van der Waals surface area (Å²) in [5, 5.41) is 11.0. The van der Waals surface area contributed by atoms with E-state index < -0.39 is 0 Å². The summed E-state index contributed by atoms with van der Waals surface area (Å²) in [6.45, 7) is 0.913. The molecule has 0 spiro atoms. The predicted molar refractivity (Wildman–Crippen MR) is 83.7 cm³/mol. The monoisotopic (exact) mass is 283 g/mol. The first-order chi connectivity index (χ1) is 10.2. The highest BCUT2D eigenvalue weighted by Crippen LogP contribution is 2.37. The molecule has 4 rings (SSSR count). The van der Waals surface area contributed by atoms with Crippen LogP contribution in [0.5, 0.6) is 0 Å². The van der Waals surface area contributed by atoms with E-state index >= 15 is 0 Å². The highest BCUT2D eigenvalue weighted by atomic mass is 16.3. The van der Waals surface area contributed by atoms with Gasteiger partial charge in [-0.3, -0.25) is 9.88 Å². The van der Waals surface area contributed by atoms with Crippen LogP contribution in [-0.2, 0) is 6.54 Å². The molecule has 4 nitrogen and oxygen atoms in total. The van der Waals surface area contributed by atoms with Crippen molar-refractivity contribution in [3.05, 3.63) is 36.0 Å². The molecule has 0 radical (unpaired) electrons. The van der Waals surface area contributed by atoms with Crippen LogP contribution in [0.2, 0.25) is 0 Å². The predicted octanol–water partition coefficient (Wildman–Crippen LogP) is 2.30. The smallest absolute Gasteiger partial charge is 0.0767 e. The lowest BCUT2D eigenvalue weighted by Crippen LogP contribution is -2.44. The zero-order chi connectivity index (χ0) is 14.4. The number of rotatable bonds is 2. The number of nitrogens with zero attached hydrogens (tertiary/aromatic N) is 2. The first kappa shape index (κ1) is 13.0. The van der Waals surface area contributed by atoms with E-state index in [4.69, 9.17) is 5.73 Å². The number of nitrogens with two attached hydrogens (primary N) is 1. The molecule has 2 aliphatic rings. The van der Waals surface area contributed by atoms with Crippen molar-refractivity contribution in [3.8, 4) is 0 Å². The molecule has 2 saturated heterocycles. The standard InChI is InChI=1S/C17H21N3O/c18-16-6-3-11(17-15(16)2-1-7-19-17)10-20-12-4-5-13(20)9-14(21)8-12/h1-3,6-7,12-14,21H,4-5,8-10,18H2. The van der Waals surface area contributed by atoms with Gasteiger partial charge in [0.15, 0.2) is 0 Å². The summed E-state index contributed by atoms with van der Waals surface area (Å²) in [5.41, 5.74) is 9.11. The molecule has 2 bridgehead atoms. The van der Waals surface area contributed by atoms with E-state index in [1.807, 2.05) is 24.4 Å². The number of nitrogen functional groups attached to an aromatic ring is 1. The van der Waals surface area contributed by atoms with Gasteiger partial charge >= 0.3 is 0 Å². The lowest BCUT2D eigenvalue weighted by molar-refractivity contribution is 0.0312. The first-order valence-electron chi connectivity index (χ1n) is 7.78. The van der Waals surface area contributed by atoms with E-state index in [-0.39, 0.29) is 6.10 Å². The molecule has 2 aliphatic heterocycles. The van der Waals surface area contributed by atoms with Crippen molar-refractivity contribution < 1.29 is 5.11 Å². The Labute approximate surface area is 124 Å². The Balaban J connectivity index is 1.68. The van der Waals surface area contributed by atoms with Crippen LogP contribution in [0.15, 0.2) is 30.5 Å². The molecule has 1 aromatic heterocycles. The lowest BCUT2D eigenvalue weighted by Gasteiger charge is -2.37. The minimum Gasteiger partial charge on any atom is -0.398 e. The van der Waals surface area contributed by atoms with Gasteiger partial charge in [-0.1, -0.05) is 6.07 Å². The van der Waals surface area contributed by atoms with Gasteiger partial charge in [0.1, 0.15) is 0 Å². The van der Waals surface area contributed by atoms with E-state index in [0.29, 0.717) is 12.1 Å². The van der Waals surface area contributed by atoms with Gasteiger partial charge in [-0.05, 0) is 49.4 Å². The number of piperidine rings is 1. The lowest BCUT2D eigenvalue weighted by atomic mass is 9.98. The highest BCUT2D eigenvalue weighted by Gasteiger charge is 2.40. The third-order valence-electron chi connectivity index (χ3n) is 5.10. The molecule has 0 aliphatic carbocycles. The quantitative estimate of drug-likeness (QED) is 0.830. The van der Waals surface area contributed by atoms with Crippen LogP contribution in [0.3, 0.4) is 0 Å². The number of aliphatic hydroxyl groups excluding tert-OH is 1. The Hall–Kier alpha value is -1.65. The SMILES string of the molecule is Nc1ccc(CN2C3CCC2CC(O)C3)c2ncccc12. The zero-order valence-corrected chi connectivity index (χ0v) is 12.1. The molecular formula is C17H21N3O. The molecule has 110 valence electrons. The maximum absolute atomic E-state index is 9.93. The average molecular weight is 283 g/mol. The van der Waals surface area contributed by atoms with Crippen molar-refractivity contribution in [2.24, 2.45) is 0 Å². The van der Waals surface area contributed by atoms with Gasteiger partial charge in [-0.2, -0.15) is 0 Å². The number of fused-ring (bicyclic) bond motifs is 3. The third-order valence-corrected chi connectivity index (χ3v) is 5.10. The minimum atomic E-state index is -0.111. The van der Waals surface area contributed by atoms with Gasteiger partial charge in [0.05, 0.1) is 11.6 Å². The molecular weight excluding hydrogens is 262 g/mol. The Morgan fingerprint density at radius 1 is 1.19 bits per heavy atom. The van der Waals surface area contributed by atoms with Crippen molar-refractivity contribution in [2.45, 2.75) is 50.4 Å². The fourth-order valence-electron chi connectivity index (χ4n) is 4.08. The second-order valence-electron chi connectivity index (χ2n) is 6.40. The molecule has 0 amide bonds. The molecule has 0 saturated carbocycles. The maximum Gasteiger partial charge on any atom is 0.0767 e. The summed E-state index contributed by atoms with van der Waals surface area (Å²) >= 11 is 0. The van der Waals surface area contributed by atoms with E-state index in [2.05, 4.69) is 16.0 Å². The van der Waals surface area contributed by atoms with Gasteiger partial charge < -0.3 is 10.8 Å². The van der Waals surface area contributed by atoms with Crippen molar-refractivity contribution in [2.75, 3.05) is 5.73 Å². The van der Waals surface area contributed by atoms with E-state index in [1.54, 1.807) is 0 Å². The Morgan fingerprint density at radius 2 is 1.95 bits per heavy atom. The maximum atomic E-state index is 9.93. The van der Waals surface area contributed by atoms with Gasteiger partial charge in [-0.25, -0.2) is 0 Å². The number of benzene rings is 1. The van der Waals surface area contributed by atoms with Gasteiger partial charge in [0.2, 0.25) is 0 Å². The zero-order valence-electron chi connectivity index (χ0n) is 12.1. The number of aromatic nitrogens is 1. The molecule has 2 unspecified atom stereocenters. The van der Waals surface area contributed by atoms with Crippen LogP contribution in [0, 0.1) is 0 Å². The summed E-state index contributed by atoms with van der Waals surface area (Å²) in [6, 6.07) is 9.11. The highest BCUT2D eigenvalue weighted by molar-refractivity contribution is 5.92. The van der Waals surface area contributed by atoms with Gasteiger partial charge in [-0.15, -0.1) is 0 Å². The van der Waals surface area contributed by atoms with Crippen LogP contribution in [-0.4, -0.2) is 33.2 Å². The van der Waals surface area contributed by atoms with Crippen molar-refractivity contribution >= 4 is 16.6 Å². The summed E-state index contributed by atoms with van der Waals surface area (Å²) in [4.78, 5) is 7.10. The molecule has 2 atom stereocenters. The van der Waals surface area contributed by atoms with Crippen LogP contribution in [0.25, 0.3) is 10.9 Å². The Bertz CT molecular complexity index is 658. The molecule has 4 heteroatoms. The fraction of sp³-hybridized carbons (Fsp3) is 0.471. The topological polar surface area (TPSA) is 62.4 Å². The number of anilines is 1. The summed E-state index contributed by atoms with van der Waals surface area (Å²) in [5.74, 6) is 0. The first-order valence-corrected chi connectivity index (χ1v) is 7.78. The summed E-state index contributed by atoms with van der Waals surface area (Å²) in [7, 11) is 0. The number of hydrogen-bond donors (Lipinski definition) is 2. The number of aliphatic hydroxyl groups is 1. The van der Waals surface area contributed by atoms with Crippen molar-refractivity contribution in [1.82, 2.24) is 9.88 Å². The number of hydrogen-bond acceptors (Lipinski definition) is 4. The average Bonchev–Trinajstić information content (AvgIpc) is 2.73. The van der Waals surface area contributed by atoms with E-state index in [9.17, 15) is 5.11 Å². The number of pyridine rings is 1. The third kappa shape index (κ3) is 2.19.